The van der Waals surface area contributed by atoms with E-state index in [9.17, 15) is 35.4 Å². The molecule has 7 aliphatic rings. The van der Waals surface area contributed by atoms with E-state index in [1.165, 1.54) is 49.7 Å². The van der Waals surface area contributed by atoms with E-state index in [-0.39, 0.29) is 72.9 Å². The van der Waals surface area contributed by atoms with Crippen LogP contribution < -0.4 is 11.1 Å². The molecule has 8 rings (SSSR count). The number of fused-ring (bicyclic) bond motifs is 9. The molecule has 14 heteroatoms. The van der Waals surface area contributed by atoms with Crippen molar-refractivity contribution in [1.82, 2.24) is 14.9 Å². The van der Waals surface area contributed by atoms with Crippen molar-refractivity contribution >= 4 is 33.3 Å². The molecule has 2 heterocycles. The Morgan fingerprint density at radius 3 is 2.45 bits per heavy atom. The molecule has 1 saturated heterocycles. The maximum absolute atomic E-state index is 14.5. The lowest BCUT2D eigenvalue weighted by molar-refractivity contribution is -0.182. The van der Waals surface area contributed by atoms with Crippen molar-refractivity contribution in [1.29, 1.82) is 0 Å². The number of hydrogen-bond acceptors (Lipinski definition) is 11. The minimum absolute atomic E-state index is 0.0694. The van der Waals surface area contributed by atoms with Crippen LogP contribution in [-0.4, -0.2) is 107 Å². The first kappa shape index (κ1) is 46.6. The van der Waals surface area contributed by atoms with Gasteiger partial charge in [0.05, 0.1) is 36.8 Å². The Bertz CT molecular complexity index is 1880. The minimum Gasteiger partial charge on any atom is -0.396 e. The molecule has 14 atom stereocenters. The second-order valence-corrected chi connectivity index (χ2v) is 24.6. The third-order valence-electron chi connectivity index (χ3n) is 18.0. The van der Waals surface area contributed by atoms with Gasteiger partial charge in [-0.15, -0.1) is 0 Å². The zero-order valence-electron chi connectivity index (χ0n) is 37.7. The second-order valence-electron chi connectivity index (χ2n) is 22.0. The normalized spacial score (nSPS) is 44.1. The van der Waals surface area contributed by atoms with Crippen LogP contribution in [0.2, 0.25) is 0 Å². The van der Waals surface area contributed by atoms with Crippen LogP contribution in [0.3, 0.4) is 0 Å². The second kappa shape index (κ2) is 17.7. The molecule has 62 heavy (non-hydrogen) atoms. The smallest absolute Gasteiger partial charge is 0.190 e. The molecule has 1 aromatic heterocycles. The third-order valence-corrected chi connectivity index (χ3v) is 20.5. The Labute approximate surface area is 376 Å². The molecule has 1 aromatic rings. The van der Waals surface area contributed by atoms with Crippen molar-refractivity contribution in [3.05, 3.63) is 41.5 Å². The lowest BCUT2D eigenvalue weighted by Gasteiger charge is -2.63. The molecule has 2 bridgehead atoms. The molecule has 0 radical (unpaired) electrons. The molecule has 6 fully saturated rings. The summed E-state index contributed by atoms with van der Waals surface area (Å²) in [7, 11) is 3.55. The Morgan fingerprint density at radius 2 is 1.76 bits per heavy atom. The maximum Gasteiger partial charge on any atom is 0.190 e. The van der Waals surface area contributed by atoms with Gasteiger partial charge in [-0.25, -0.2) is 4.98 Å². The summed E-state index contributed by atoms with van der Waals surface area (Å²) in [5, 5.41) is 73.9. The first-order valence-corrected chi connectivity index (χ1v) is 26.2. The quantitative estimate of drug-likeness (QED) is 0.0570. The van der Waals surface area contributed by atoms with Crippen molar-refractivity contribution in [2.24, 2.45) is 67.9 Å². The van der Waals surface area contributed by atoms with E-state index in [1.54, 1.807) is 23.8 Å². The van der Waals surface area contributed by atoms with Crippen LogP contribution in [0.15, 0.2) is 46.5 Å². The average molecular weight is 898 g/mol. The van der Waals surface area contributed by atoms with E-state index in [1.807, 2.05) is 30.2 Å². The summed E-state index contributed by atoms with van der Waals surface area (Å²) in [6, 6.07) is 0.151. The fourth-order valence-corrected chi connectivity index (χ4v) is 17.8. The van der Waals surface area contributed by atoms with Gasteiger partial charge in [0.15, 0.2) is 11.7 Å². The van der Waals surface area contributed by atoms with Gasteiger partial charge < -0.3 is 46.3 Å². The SMILES string of the molecule is C[C@@H]1[C@H](O)C/C(=C2/CCCC3(CCCC3)C2)C(C)(C)C[C@@H](n2ccnc2)CSSC[C@H]2C[C@H]1[C@@]1(CO)C[C@@H](CN=C(N)N[C@H](C)O)[C@H]3C(=CC(=O)[C@@H]4C[C@@H](O)[C@@H](O)C[C@]34C)[C@]21O. The number of aliphatic hydroxyl groups excluding tert-OH is 5. The van der Waals surface area contributed by atoms with Gasteiger partial charge in [0.1, 0.15) is 6.23 Å². The number of carbonyl (C=O) groups is 1. The molecular formula is C48H75N5O7S2. The topological polar surface area (TPSA) is 207 Å². The molecule has 0 unspecified atom stereocenters. The maximum atomic E-state index is 14.5. The number of imidazole rings is 1. The molecule has 12 nitrogen and oxygen atoms in total. The number of ketones is 1. The summed E-state index contributed by atoms with van der Waals surface area (Å²) in [5.74, 6) is -0.958. The Hall–Kier alpha value is -1.91. The standard InChI is InChI=1S/C48H75N5O7S2/c1-28-34-15-32(24-61-62-25-33(53-14-13-50-27-53)21-44(3,4)35(16-38(28)56)30-9-8-12-46(19-30)10-6-7-11-46)48(60)37-18-39(57)36-17-40(58)41(59)22-45(36,5)42(37)31(20-47(34,48)26-54)23-51-43(49)52-29(2)55/h13-14,18,27-29,31-34,36,38,40-42,54-56,58-60H,6-12,15-17,19-26H2,1-5H3,(H3,49,51,52)/b35-30+/t28-,29-,31-,32+,33+,34+,36-,38+,40+,41-,42-,45-,47-,48+/m0/s1. The molecular weight excluding hydrogens is 823 g/mol. The van der Waals surface area contributed by atoms with E-state index >= 15 is 0 Å². The fourth-order valence-electron chi connectivity index (χ4n) is 15.1. The van der Waals surface area contributed by atoms with Crippen molar-refractivity contribution < 1.29 is 35.4 Å². The fraction of sp³-hybridized carbons (Fsp3) is 0.812. The van der Waals surface area contributed by atoms with Gasteiger partial charge in [-0.2, -0.15) is 0 Å². The van der Waals surface area contributed by atoms with E-state index in [0.717, 1.165) is 25.0 Å². The summed E-state index contributed by atoms with van der Waals surface area (Å²) in [4.78, 5) is 23.7. The van der Waals surface area contributed by atoms with Crippen LogP contribution in [-0.2, 0) is 4.79 Å². The van der Waals surface area contributed by atoms with Crippen molar-refractivity contribution in [3.63, 3.8) is 0 Å². The molecule has 346 valence electrons. The summed E-state index contributed by atoms with van der Waals surface area (Å²) in [5.41, 5.74) is 6.40. The summed E-state index contributed by atoms with van der Waals surface area (Å²) in [6.45, 7) is 10.3. The molecule has 5 saturated carbocycles. The number of nitrogens with one attached hydrogen (secondary N) is 1. The summed E-state index contributed by atoms with van der Waals surface area (Å²) < 4.78 is 2.24. The molecule has 0 aromatic carbocycles. The zero-order valence-corrected chi connectivity index (χ0v) is 39.3. The van der Waals surface area contributed by atoms with Crippen LogP contribution in [0.1, 0.15) is 131 Å². The monoisotopic (exact) mass is 898 g/mol. The first-order valence-electron chi connectivity index (χ1n) is 23.7. The van der Waals surface area contributed by atoms with Crippen molar-refractivity contribution in [2.75, 3.05) is 24.7 Å². The number of aromatic nitrogens is 2. The number of aliphatic hydroxyl groups is 6. The van der Waals surface area contributed by atoms with Crippen molar-refractivity contribution in [3.8, 4) is 0 Å². The zero-order chi connectivity index (χ0) is 44.4. The van der Waals surface area contributed by atoms with Crippen LogP contribution in [0.25, 0.3) is 0 Å². The minimum atomic E-state index is -1.60. The number of nitrogens with two attached hydrogens (primary N) is 1. The van der Waals surface area contributed by atoms with Gasteiger partial charge in [-0.05, 0) is 136 Å². The number of aliphatic imine (C=N–C) groups is 1. The Kier molecular flexibility index (Phi) is 13.3. The molecule has 1 aliphatic heterocycles. The van der Waals surface area contributed by atoms with Gasteiger partial charge in [0.25, 0.3) is 0 Å². The third kappa shape index (κ3) is 8.08. The highest BCUT2D eigenvalue weighted by Crippen LogP contribution is 2.72. The summed E-state index contributed by atoms with van der Waals surface area (Å²) in [6.07, 6.45) is 16.1. The number of hydrogen-bond donors (Lipinski definition) is 8. The highest BCUT2D eigenvalue weighted by Gasteiger charge is 2.73. The molecule has 1 spiro atoms. The van der Waals surface area contributed by atoms with E-state index in [4.69, 9.17) is 10.7 Å². The first-order chi connectivity index (χ1) is 29.4. The number of allylic oxidation sites excluding steroid dienone is 2. The van der Waals surface area contributed by atoms with Crippen LogP contribution in [0.5, 0.6) is 0 Å². The highest BCUT2D eigenvalue weighted by molar-refractivity contribution is 8.76. The van der Waals surface area contributed by atoms with Crippen LogP contribution in [0.4, 0.5) is 0 Å². The largest absolute Gasteiger partial charge is 0.396 e. The predicted molar refractivity (Wildman–Crippen MR) is 246 cm³/mol. The molecule has 6 aliphatic carbocycles. The van der Waals surface area contributed by atoms with E-state index in [0.29, 0.717) is 36.0 Å². The highest BCUT2D eigenvalue weighted by atomic mass is 33.1. The van der Waals surface area contributed by atoms with Crippen LogP contribution >= 0.6 is 21.6 Å². The Morgan fingerprint density at radius 1 is 1.03 bits per heavy atom. The number of rotatable bonds is 5. The van der Waals surface area contributed by atoms with Gasteiger partial charge in [0, 0.05) is 53.7 Å². The number of carbonyl (C=O) groups excluding carboxylic acids is 1. The molecule has 9 N–H and O–H groups in total. The van der Waals surface area contributed by atoms with Gasteiger partial charge in [0.2, 0.25) is 0 Å². The van der Waals surface area contributed by atoms with Crippen LogP contribution in [0, 0.1) is 57.2 Å². The van der Waals surface area contributed by atoms with Gasteiger partial charge in [-0.1, -0.05) is 73.3 Å². The average Bonchev–Trinajstić information content (AvgIpc) is 3.97. The number of guanidine groups is 1. The Balaban J connectivity index is 1.25. The van der Waals surface area contributed by atoms with Gasteiger partial charge in [-0.3, -0.25) is 9.79 Å². The lowest BCUT2D eigenvalue weighted by Crippen LogP contribution is -2.67. The van der Waals surface area contributed by atoms with Crippen molar-refractivity contribution in [2.45, 2.75) is 161 Å². The van der Waals surface area contributed by atoms with E-state index in [2.05, 4.69) is 41.8 Å². The van der Waals surface area contributed by atoms with Gasteiger partial charge >= 0.3 is 0 Å². The van der Waals surface area contributed by atoms with E-state index < -0.39 is 52.8 Å². The number of nitrogens with zero attached hydrogens (tertiary/aromatic N) is 3. The lowest BCUT2D eigenvalue weighted by atomic mass is 9.42. The predicted octanol–water partition coefficient (Wildman–Crippen LogP) is 5.93. The molecule has 0 amide bonds. The summed E-state index contributed by atoms with van der Waals surface area (Å²) >= 11 is 0.